The largest absolute Gasteiger partial charge is 0.351 e. The molecule has 0 fully saturated rings. The lowest BCUT2D eigenvalue weighted by atomic mass is 10.1. The molecule has 0 aliphatic rings. The van der Waals surface area contributed by atoms with Crippen LogP contribution in [-0.2, 0) is 15.8 Å². The van der Waals surface area contributed by atoms with Crippen molar-refractivity contribution in [1.82, 2.24) is 5.32 Å². The third-order valence-electron chi connectivity index (χ3n) is 4.99. The van der Waals surface area contributed by atoms with Crippen LogP contribution in [0.3, 0.4) is 0 Å². The van der Waals surface area contributed by atoms with E-state index in [1.165, 1.54) is 11.1 Å². The van der Waals surface area contributed by atoms with E-state index < -0.39 is 10.0 Å². The van der Waals surface area contributed by atoms with Crippen LogP contribution in [0.5, 0.6) is 0 Å². The summed E-state index contributed by atoms with van der Waals surface area (Å²) < 4.78 is 27.8. The molecule has 0 atom stereocenters. The van der Waals surface area contributed by atoms with Gasteiger partial charge in [-0.2, -0.15) is 11.8 Å². The molecule has 32 heavy (non-hydrogen) atoms. The summed E-state index contributed by atoms with van der Waals surface area (Å²) in [7, 11) is -3.68. The lowest BCUT2D eigenvalue weighted by molar-refractivity contribution is 0.0956. The third kappa shape index (κ3) is 6.61. The molecule has 1 amide bonds. The highest BCUT2D eigenvalue weighted by molar-refractivity contribution is 7.98. The maximum atomic E-state index is 12.6. The number of nitrogens with one attached hydrogen (secondary N) is 2. The molecule has 0 saturated heterocycles. The van der Waals surface area contributed by atoms with E-state index in [9.17, 15) is 13.2 Å². The Bertz CT molecular complexity index is 1170. The van der Waals surface area contributed by atoms with Crippen LogP contribution < -0.4 is 10.0 Å². The Labute approximate surface area is 194 Å². The molecule has 168 valence electrons. The first kappa shape index (κ1) is 23.9. The van der Waals surface area contributed by atoms with E-state index >= 15 is 0 Å². The van der Waals surface area contributed by atoms with E-state index in [1.54, 1.807) is 61.2 Å². The second-order valence-electron chi connectivity index (χ2n) is 7.74. The average molecular weight is 469 g/mol. The molecule has 0 radical (unpaired) electrons. The van der Waals surface area contributed by atoms with Crippen molar-refractivity contribution in [2.75, 3.05) is 17.0 Å². The summed E-state index contributed by atoms with van der Waals surface area (Å²) in [5, 5.41) is 2.92. The molecule has 5 nitrogen and oxygen atoms in total. The second kappa shape index (κ2) is 10.7. The van der Waals surface area contributed by atoms with Crippen LogP contribution in [0.15, 0.2) is 71.6 Å². The van der Waals surface area contributed by atoms with Gasteiger partial charge in [0, 0.05) is 23.6 Å². The minimum Gasteiger partial charge on any atom is -0.351 e. The van der Waals surface area contributed by atoms with Crippen LogP contribution in [0.4, 0.5) is 5.69 Å². The quantitative estimate of drug-likeness (QED) is 0.430. The lowest BCUT2D eigenvalue weighted by Gasteiger charge is -2.12. The maximum Gasteiger partial charge on any atom is 0.261 e. The predicted octanol–water partition coefficient (Wildman–Crippen LogP) is 5.08. The Morgan fingerprint density at radius 2 is 1.50 bits per heavy atom. The van der Waals surface area contributed by atoms with E-state index in [-0.39, 0.29) is 10.8 Å². The van der Waals surface area contributed by atoms with Gasteiger partial charge >= 0.3 is 0 Å². The Balaban J connectivity index is 1.52. The van der Waals surface area contributed by atoms with E-state index in [0.29, 0.717) is 23.4 Å². The first-order valence-electron chi connectivity index (χ1n) is 10.4. The number of hydrogen-bond acceptors (Lipinski definition) is 4. The molecule has 0 aliphatic carbocycles. The van der Waals surface area contributed by atoms with Gasteiger partial charge in [-0.25, -0.2) is 8.42 Å². The molecule has 2 N–H and O–H groups in total. The fourth-order valence-electron chi connectivity index (χ4n) is 3.05. The zero-order valence-corrected chi connectivity index (χ0v) is 20.1. The van der Waals surface area contributed by atoms with Gasteiger partial charge in [0.15, 0.2) is 0 Å². The molecule has 3 aromatic carbocycles. The number of aryl methyl sites for hydroxylation is 3. The highest BCUT2D eigenvalue weighted by Crippen LogP contribution is 2.21. The summed E-state index contributed by atoms with van der Waals surface area (Å²) in [6.07, 6.45) is 0. The monoisotopic (exact) mass is 468 g/mol. The minimum atomic E-state index is -3.68. The molecule has 0 unspecified atom stereocenters. The van der Waals surface area contributed by atoms with Gasteiger partial charge in [0.1, 0.15) is 0 Å². The van der Waals surface area contributed by atoms with E-state index in [0.717, 1.165) is 17.1 Å². The fraction of sp³-hybridized carbons (Fsp3) is 0.240. The first-order valence-corrected chi connectivity index (χ1v) is 13.0. The molecule has 0 saturated carbocycles. The number of thioether (sulfide) groups is 1. The molecule has 0 spiro atoms. The molecule has 0 aliphatic heterocycles. The molecular formula is C25H28N2O3S2. The zero-order valence-electron chi connectivity index (χ0n) is 18.5. The topological polar surface area (TPSA) is 75.3 Å². The summed E-state index contributed by atoms with van der Waals surface area (Å²) in [5.74, 6) is 1.55. The van der Waals surface area contributed by atoms with Crippen molar-refractivity contribution in [3.05, 3.63) is 94.5 Å². The number of carbonyl (C=O) groups is 1. The van der Waals surface area contributed by atoms with Gasteiger partial charge in [0.25, 0.3) is 15.9 Å². The number of carbonyl (C=O) groups excluding carboxylic acids is 1. The Hall–Kier alpha value is -2.77. The Kier molecular flexibility index (Phi) is 7.99. The third-order valence-corrected chi connectivity index (χ3v) is 7.40. The van der Waals surface area contributed by atoms with Gasteiger partial charge in [-0.05, 0) is 62.2 Å². The summed E-state index contributed by atoms with van der Waals surface area (Å²) in [5.41, 5.74) is 5.15. The lowest BCUT2D eigenvalue weighted by Crippen LogP contribution is -2.26. The van der Waals surface area contributed by atoms with Crippen LogP contribution in [0.2, 0.25) is 0 Å². The smallest absolute Gasteiger partial charge is 0.261 e. The zero-order chi connectivity index (χ0) is 23.1. The summed E-state index contributed by atoms with van der Waals surface area (Å²) in [6.45, 7) is 6.32. The van der Waals surface area contributed by atoms with Crippen LogP contribution in [0.1, 0.15) is 32.6 Å². The van der Waals surface area contributed by atoms with Crippen molar-refractivity contribution in [2.24, 2.45) is 0 Å². The summed E-state index contributed by atoms with van der Waals surface area (Å²) in [4.78, 5) is 12.7. The molecular weight excluding hydrogens is 440 g/mol. The van der Waals surface area contributed by atoms with Crippen molar-refractivity contribution < 1.29 is 13.2 Å². The highest BCUT2D eigenvalue weighted by Gasteiger charge is 2.16. The number of benzene rings is 3. The van der Waals surface area contributed by atoms with Gasteiger partial charge in [0.2, 0.25) is 0 Å². The average Bonchev–Trinajstić information content (AvgIpc) is 2.76. The van der Waals surface area contributed by atoms with Crippen molar-refractivity contribution in [1.29, 1.82) is 0 Å². The van der Waals surface area contributed by atoms with E-state index in [2.05, 4.69) is 41.2 Å². The van der Waals surface area contributed by atoms with Crippen molar-refractivity contribution >= 4 is 33.4 Å². The molecule has 0 bridgehead atoms. The summed E-state index contributed by atoms with van der Waals surface area (Å²) >= 11 is 1.77. The molecule has 0 aromatic heterocycles. The van der Waals surface area contributed by atoms with Gasteiger partial charge in [-0.3, -0.25) is 9.52 Å². The predicted molar refractivity (Wildman–Crippen MR) is 133 cm³/mol. The maximum absolute atomic E-state index is 12.6. The van der Waals surface area contributed by atoms with Crippen molar-refractivity contribution in [3.8, 4) is 0 Å². The van der Waals surface area contributed by atoms with Crippen LogP contribution >= 0.6 is 11.8 Å². The van der Waals surface area contributed by atoms with Crippen LogP contribution in [0, 0.1) is 20.8 Å². The van der Waals surface area contributed by atoms with Crippen LogP contribution in [-0.4, -0.2) is 26.6 Å². The number of hydrogen-bond donors (Lipinski definition) is 2. The number of amides is 1. The normalized spacial score (nSPS) is 11.2. The standard InChI is InChI=1S/C25H28N2O3S2/c1-18-4-8-21(9-5-18)17-31-15-14-26-25(28)22-10-13-24(20(3)16-22)27-32(29,30)23-11-6-19(2)7-12-23/h4-13,16,27H,14-15,17H2,1-3H3,(H,26,28). The highest BCUT2D eigenvalue weighted by atomic mass is 32.2. The SMILES string of the molecule is Cc1ccc(CSCCNC(=O)c2ccc(NS(=O)(=O)c3ccc(C)cc3)c(C)c2)cc1. The molecule has 3 rings (SSSR count). The molecule has 7 heteroatoms. The second-order valence-corrected chi connectivity index (χ2v) is 10.5. The van der Waals surface area contributed by atoms with Gasteiger partial charge < -0.3 is 5.32 Å². The Morgan fingerprint density at radius 1 is 0.875 bits per heavy atom. The minimum absolute atomic E-state index is 0.169. The van der Waals surface area contributed by atoms with Gasteiger partial charge in [-0.1, -0.05) is 47.5 Å². The summed E-state index contributed by atoms with van der Waals surface area (Å²) in [6, 6.07) is 20.1. The molecule has 0 heterocycles. The Morgan fingerprint density at radius 3 is 2.12 bits per heavy atom. The van der Waals surface area contributed by atoms with E-state index in [4.69, 9.17) is 0 Å². The first-order chi connectivity index (χ1) is 15.2. The number of sulfonamides is 1. The van der Waals surface area contributed by atoms with Crippen LogP contribution in [0.25, 0.3) is 0 Å². The number of anilines is 1. The molecule has 3 aromatic rings. The van der Waals surface area contributed by atoms with Crippen molar-refractivity contribution in [2.45, 2.75) is 31.4 Å². The van der Waals surface area contributed by atoms with Gasteiger partial charge in [-0.15, -0.1) is 0 Å². The van der Waals surface area contributed by atoms with E-state index in [1.807, 2.05) is 6.92 Å². The number of rotatable bonds is 9. The van der Waals surface area contributed by atoms with Gasteiger partial charge in [0.05, 0.1) is 10.6 Å². The van der Waals surface area contributed by atoms with Crippen molar-refractivity contribution in [3.63, 3.8) is 0 Å². The fourth-order valence-corrected chi connectivity index (χ4v) is 5.00.